The monoisotopic (exact) mass is 331 g/mol. The van der Waals surface area contributed by atoms with Crippen LogP contribution < -0.4 is 9.64 Å². The van der Waals surface area contributed by atoms with Crippen LogP contribution in [0.15, 0.2) is 54.6 Å². The highest BCUT2D eigenvalue weighted by Crippen LogP contribution is 2.28. The van der Waals surface area contributed by atoms with Crippen molar-refractivity contribution in [1.82, 2.24) is 0 Å². The van der Waals surface area contributed by atoms with Crippen LogP contribution in [0.1, 0.15) is 6.42 Å². The fourth-order valence-corrected chi connectivity index (χ4v) is 2.80. The molecule has 2 aromatic rings. The van der Waals surface area contributed by atoms with E-state index in [1.54, 1.807) is 4.90 Å². The number of benzene rings is 2. The lowest BCUT2D eigenvalue weighted by atomic mass is 10.2. The maximum atomic E-state index is 11.8. The zero-order valence-corrected chi connectivity index (χ0v) is 12.4. The second-order valence-electron chi connectivity index (χ2n) is 4.71. The fraction of sp³-hybridized carbons (Fsp3) is 0.188. The molecular weight excluding hydrogens is 318 g/mol. The van der Waals surface area contributed by atoms with Crippen molar-refractivity contribution in [2.24, 2.45) is 0 Å². The van der Waals surface area contributed by atoms with Gasteiger partial charge in [0.1, 0.15) is 11.5 Å². The Kier molecular flexibility index (Phi) is 3.74. The van der Waals surface area contributed by atoms with Gasteiger partial charge in [-0.15, -0.1) is 0 Å². The number of rotatable bonds is 3. The summed E-state index contributed by atoms with van der Waals surface area (Å²) in [5.74, 6) is 1.73. The standard InChI is InChI=1S/C16H14BrNO2/c17-12-10-16(19)18(11-12)13-6-8-15(9-7-13)20-14-4-2-1-3-5-14/h1-9,12H,10-11H2. The summed E-state index contributed by atoms with van der Waals surface area (Å²) in [5, 5.41) is 0. The molecule has 0 aromatic heterocycles. The number of hydrogen-bond acceptors (Lipinski definition) is 2. The number of amides is 1. The van der Waals surface area contributed by atoms with Gasteiger partial charge in [-0.3, -0.25) is 4.79 Å². The van der Waals surface area contributed by atoms with Crippen molar-refractivity contribution in [3.8, 4) is 11.5 Å². The van der Waals surface area contributed by atoms with E-state index in [-0.39, 0.29) is 10.7 Å². The van der Waals surface area contributed by atoms with Gasteiger partial charge in [0, 0.05) is 23.5 Å². The van der Waals surface area contributed by atoms with E-state index in [1.165, 1.54) is 0 Å². The van der Waals surface area contributed by atoms with Gasteiger partial charge in [0.2, 0.25) is 5.91 Å². The van der Waals surface area contributed by atoms with E-state index in [0.717, 1.165) is 23.7 Å². The van der Waals surface area contributed by atoms with E-state index in [9.17, 15) is 4.79 Å². The predicted molar refractivity (Wildman–Crippen MR) is 82.6 cm³/mol. The highest BCUT2D eigenvalue weighted by Gasteiger charge is 2.28. The maximum absolute atomic E-state index is 11.8. The summed E-state index contributed by atoms with van der Waals surface area (Å²) in [6.45, 7) is 0.720. The maximum Gasteiger partial charge on any atom is 0.228 e. The molecule has 1 heterocycles. The zero-order chi connectivity index (χ0) is 13.9. The molecule has 1 unspecified atom stereocenters. The SMILES string of the molecule is O=C1CC(Br)CN1c1ccc(Oc2ccccc2)cc1. The Bertz CT molecular complexity index is 598. The third kappa shape index (κ3) is 2.85. The summed E-state index contributed by atoms with van der Waals surface area (Å²) in [6.07, 6.45) is 0.558. The summed E-state index contributed by atoms with van der Waals surface area (Å²) < 4.78 is 5.73. The lowest BCUT2D eigenvalue weighted by Crippen LogP contribution is -2.24. The first-order chi connectivity index (χ1) is 9.72. The number of alkyl halides is 1. The second-order valence-corrected chi connectivity index (χ2v) is 6.01. The van der Waals surface area contributed by atoms with Crippen molar-refractivity contribution in [2.75, 3.05) is 11.4 Å². The smallest absolute Gasteiger partial charge is 0.228 e. The molecule has 20 heavy (non-hydrogen) atoms. The number of anilines is 1. The van der Waals surface area contributed by atoms with Crippen molar-refractivity contribution in [1.29, 1.82) is 0 Å². The Morgan fingerprint density at radius 1 is 1.00 bits per heavy atom. The lowest BCUT2D eigenvalue weighted by molar-refractivity contribution is -0.117. The molecule has 2 aromatic carbocycles. The number of hydrogen-bond donors (Lipinski definition) is 0. The Morgan fingerprint density at radius 3 is 2.25 bits per heavy atom. The van der Waals surface area contributed by atoms with Crippen LogP contribution in [0.3, 0.4) is 0 Å². The Morgan fingerprint density at radius 2 is 1.65 bits per heavy atom. The highest BCUT2D eigenvalue weighted by atomic mass is 79.9. The molecule has 0 aliphatic carbocycles. The minimum atomic E-state index is 0.156. The first-order valence-electron chi connectivity index (χ1n) is 6.50. The predicted octanol–water partition coefficient (Wildman–Crippen LogP) is 3.98. The molecule has 3 nitrogen and oxygen atoms in total. The van der Waals surface area contributed by atoms with Gasteiger partial charge in [0.05, 0.1) is 0 Å². The van der Waals surface area contributed by atoms with Gasteiger partial charge in [-0.25, -0.2) is 0 Å². The second kappa shape index (κ2) is 5.67. The van der Waals surface area contributed by atoms with E-state index in [1.807, 2.05) is 54.6 Å². The van der Waals surface area contributed by atoms with Gasteiger partial charge >= 0.3 is 0 Å². The Hall–Kier alpha value is -1.81. The molecule has 0 spiro atoms. The molecular formula is C16H14BrNO2. The van der Waals surface area contributed by atoms with Gasteiger partial charge in [-0.1, -0.05) is 34.1 Å². The molecule has 1 aliphatic heterocycles. The molecule has 1 atom stereocenters. The van der Waals surface area contributed by atoms with Gasteiger partial charge < -0.3 is 9.64 Å². The average molecular weight is 332 g/mol. The number of para-hydroxylation sites is 1. The number of halogens is 1. The summed E-state index contributed by atoms with van der Waals surface area (Å²) in [5.41, 5.74) is 0.914. The zero-order valence-electron chi connectivity index (χ0n) is 10.8. The largest absolute Gasteiger partial charge is 0.457 e. The molecule has 102 valence electrons. The minimum Gasteiger partial charge on any atom is -0.457 e. The van der Waals surface area contributed by atoms with Gasteiger partial charge in [-0.2, -0.15) is 0 Å². The van der Waals surface area contributed by atoms with Crippen LogP contribution in [0.2, 0.25) is 0 Å². The van der Waals surface area contributed by atoms with Crippen LogP contribution in [-0.4, -0.2) is 17.3 Å². The molecule has 1 amide bonds. The molecule has 1 aliphatic rings. The quantitative estimate of drug-likeness (QED) is 0.796. The van der Waals surface area contributed by atoms with Crippen molar-refractivity contribution >= 4 is 27.5 Å². The van der Waals surface area contributed by atoms with Crippen LogP contribution in [0.5, 0.6) is 11.5 Å². The molecule has 1 saturated heterocycles. The van der Waals surface area contributed by atoms with E-state index in [2.05, 4.69) is 15.9 Å². The van der Waals surface area contributed by atoms with E-state index >= 15 is 0 Å². The van der Waals surface area contributed by atoms with Crippen LogP contribution in [0.4, 0.5) is 5.69 Å². The molecule has 0 radical (unpaired) electrons. The molecule has 1 fully saturated rings. The van der Waals surface area contributed by atoms with E-state index in [0.29, 0.717) is 6.42 Å². The summed E-state index contributed by atoms with van der Waals surface area (Å²) in [7, 11) is 0. The number of carbonyl (C=O) groups is 1. The van der Waals surface area contributed by atoms with E-state index < -0.39 is 0 Å². The summed E-state index contributed by atoms with van der Waals surface area (Å²) >= 11 is 3.49. The minimum absolute atomic E-state index is 0.156. The number of carbonyl (C=O) groups excluding carboxylic acids is 1. The summed E-state index contributed by atoms with van der Waals surface area (Å²) in [4.78, 5) is 13.9. The Labute approximate surface area is 126 Å². The first-order valence-corrected chi connectivity index (χ1v) is 7.41. The first kappa shape index (κ1) is 13.2. The third-order valence-electron chi connectivity index (χ3n) is 3.21. The molecule has 0 bridgehead atoms. The van der Waals surface area contributed by atoms with Crippen molar-refractivity contribution in [3.63, 3.8) is 0 Å². The van der Waals surface area contributed by atoms with Gasteiger partial charge in [0.25, 0.3) is 0 Å². The fourth-order valence-electron chi connectivity index (χ4n) is 2.23. The van der Waals surface area contributed by atoms with Crippen molar-refractivity contribution in [2.45, 2.75) is 11.2 Å². The average Bonchev–Trinajstić information content (AvgIpc) is 2.80. The van der Waals surface area contributed by atoms with Crippen molar-refractivity contribution < 1.29 is 9.53 Å². The summed E-state index contributed by atoms with van der Waals surface area (Å²) in [6, 6.07) is 17.2. The highest BCUT2D eigenvalue weighted by molar-refractivity contribution is 9.09. The van der Waals surface area contributed by atoms with Gasteiger partial charge in [-0.05, 0) is 36.4 Å². The van der Waals surface area contributed by atoms with E-state index in [4.69, 9.17) is 4.74 Å². The molecule has 0 saturated carbocycles. The molecule has 0 N–H and O–H groups in total. The van der Waals surface area contributed by atoms with Crippen LogP contribution >= 0.6 is 15.9 Å². The lowest BCUT2D eigenvalue weighted by Gasteiger charge is -2.16. The van der Waals surface area contributed by atoms with Crippen LogP contribution in [0, 0.1) is 0 Å². The number of nitrogens with zero attached hydrogens (tertiary/aromatic N) is 1. The third-order valence-corrected chi connectivity index (χ3v) is 3.82. The topological polar surface area (TPSA) is 29.5 Å². The van der Waals surface area contributed by atoms with Gasteiger partial charge in [0.15, 0.2) is 0 Å². The molecule has 4 heteroatoms. The number of ether oxygens (including phenoxy) is 1. The normalized spacial score (nSPS) is 18.4. The molecule has 3 rings (SSSR count). The van der Waals surface area contributed by atoms with Crippen molar-refractivity contribution in [3.05, 3.63) is 54.6 Å². The Balaban J connectivity index is 1.73. The van der Waals surface area contributed by atoms with Crippen LogP contribution in [-0.2, 0) is 4.79 Å². The van der Waals surface area contributed by atoms with Crippen LogP contribution in [0.25, 0.3) is 0 Å².